The molecule has 0 aromatic heterocycles. The lowest BCUT2D eigenvalue weighted by Crippen LogP contribution is -2.24. The van der Waals surface area contributed by atoms with Crippen LogP contribution in [0.5, 0.6) is 5.75 Å². The van der Waals surface area contributed by atoms with Crippen molar-refractivity contribution in [3.8, 4) is 5.75 Å². The Hall–Kier alpha value is -1.26. The van der Waals surface area contributed by atoms with Gasteiger partial charge in [0.2, 0.25) is 0 Å². The fraction of sp³-hybridized carbons (Fsp3) is 0.625. The molecule has 0 bridgehead atoms. The molecule has 4 heteroatoms. The van der Waals surface area contributed by atoms with Gasteiger partial charge < -0.3 is 10.8 Å². The molecule has 0 fully saturated rings. The molecule has 0 aliphatic heterocycles. The van der Waals surface area contributed by atoms with E-state index >= 15 is 0 Å². The summed E-state index contributed by atoms with van der Waals surface area (Å²) in [5.74, 6) is 0.401. The van der Waals surface area contributed by atoms with Gasteiger partial charge in [-0.1, -0.05) is 27.7 Å². The molecular formula is C16H29N3O. The van der Waals surface area contributed by atoms with E-state index in [1.807, 2.05) is 12.1 Å². The van der Waals surface area contributed by atoms with Crippen LogP contribution in [0, 0.1) is 0 Å². The largest absolute Gasteiger partial charge is 0.507 e. The first-order valence-corrected chi connectivity index (χ1v) is 7.60. The molecule has 0 unspecified atom stereocenters. The minimum absolute atomic E-state index is 0.401. The van der Waals surface area contributed by atoms with Crippen molar-refractivity contribution < 1.29 is 5.11 Å². The second-order valence-corrected chi connectivity index (χ2v) is 5.11. The van der Waals surface area contributed by atoms with Crippen molar-refractivity contribution in [1.82, 2.24) is 9.80 Å². The fourth-order valence-corrected chi connectivity index (χ4v) is 2.40. The molecule has 0 spiro atoms. The number of hydrogen-bond acceptors (Lipinski definition) is 4. The van der Waals surface area contributed by atoms with Crippen LogP contribution in [0.15, 0.2) is 12.1 Å². The van der Waals surface area contributed by atoms with Crippen LogP contribution in [-0.4, -0.2) is 41.1 Å². The number of nitrogens with two attached hydrogens (primary N) is 1. The van der Waals surface area contributed by atoms with Gasteiger partial charge >= 0.3 is 0 Å². The predicted molar refractivity (Wildman–Crippen MR) is 85.8 cm³/mol. The van der Waals surface area contributed by atoms with E-state index < -0.39 is 0 Å². The summed E-state index contributed by atoms with van der Waals surface area (Å²) in [5, 5.41) is 10.5. The maximum absolute atomic E-state index is 10.5. The summed E-state index contributed by atoms with van der Waals surface area (Å²) in [5.41, 5.74) is 8.58. The number of phenolic OH excluding ortho intramolecular Hbond substituents is 1. The van der Waals surface area contributed by atoms with Gasteiger partial charge in [0.15, 0.2) is 0 Å². The zero-order chi connectivity index (χ0) is 15.1. The molecule has 1 aromatic rings. The van der Waals surface area contributed by atoms with Gasteiger partial charge in [0.05, 0.1) is 0 Å². The van der Waals surface area contributed by atoms with E-state index in [0.717, 1.165) is 56.1 Å². The third-order valence-corrected chi connectivity index (χ3v) is 3.87. The maximum atomic E-state index is 10.5. The van der Waals surface area contributed by atoms with E-state index in [1.165, 1.54) is 0 Å². The van der Waals surface area contributed by atoms with E-state index in [2.05, 4.69) is 37.5 Å². The standard InChI is InChI=1S/C16H29N3O/c1-5-18(6-2)11-13-9-15(17)10-14(16(13)20)12-19(7-3)8-4/h9-10,20H,5-8,11-12,17H2,1-4H3. The second kappa shape index (κ2) is 8.12. The number of aromatic hydroxyl groups is 1. The molecule has 20 heavy (non-hydrogen) atoms. The molecule has 0 atom stereocenters. The number of nitrogen functional groups attached to an aromatic ring is 1. The van der Waals surface area contributed by atoms with Gasteiger partial charge in [-0.25, -0.2) is 0 Å². The molecule has 0 aliphatic rings. The average molecular weight is 279 g/mol. The highest BCUT2D eigenvalue weighted by atomic mass is 16.3. The lowest BCUT2D eigenvalue weighted by Gasteiger charge is -2.22. The first-order valence-electron chi connectivity index (χ1n) is 7.60. The SMILES string of the molecule is CCN(CC)Cc1cc(N)cc(CN(CC)CC)c1O. The summed E-state index contributed by atoms with van der Waals surface area (Å²) in [7, 11) is 0. The normalized spacial score (nSPS) is 11.5. The smallest absolute Gasteiger partial charge is 0.124 e. The summed E-state index contributed by atoms with van der Waals surface area (Å²) in [4.78, 5) is 4.55. The molecule has 0 saturated heterocycles. The fourth-order valence-electron chi connectivity index (χ4n) is 2.40. The Bertz CT molecular complexity index is 377. The summed E-state index contributed by atoms with van der Waals surface area (Å²) in [6.07, 6.45) is 0. The predicted octanol–water partition coefficient (Wildman–Crippen LogP) is 2.66. The minimum Gasteiger partial charge on any atom is -0.507 e. The van der Waals surface area contributed by atoms with E-state index in [0.29, 0.717) is 5.75 Å². The third kappa shape index (κ3) is 4.39. The Kier molecular flexibility index (Phi) is 6.82. The highest BCUT2D eigenvalue weighted by Crippen LogP contribution is 2.28. The lowest BCUT2D eigenvalue weighted by molar-refractivity contribution is 0.281. The van der Waals surface area contributed by atoms with E-state index in [1.54, 1.807) is 0 Å². The van der Waals surface area contributed by atoms with Gasteiger partial charge in [0, 0.05) is 29.9 Å². The Morgan fingerprint density at radius 2 is 1.20 bits per heavy atom. The van der Waals surface area contributed by atoms with Gasteiger partial charge in [0.1, 0.15) is 5.75 Å². The average Bonchev–Trinajstić information content (AvgIpc) is 2.46. The maximum Gasteiger partial charge on any atom is 0.124 e. The zero-order valence-electron chi connectivity index (χ0n) is 13.3. The van der Waals surface area contributed by atoms with E-state index in [9.17, 15) is 5.11 Å². The highest BCUT2D eigenvalue weighted by Gasteiger charge is 2.13. The van der Waals surface area contributed by atoms with E-state index in [4.69, 9.17) is 5.73 Å². The summed E-state index contributed by atoms with van der Waals surface area (Å²) in [6, 6.07) is 3.78. The minimum atomic E-state index is 0.401. The highest BCUT2D eigenvalue weighted by molar-refractivity contribution is 5.52. The molecule has 3 N–H and O–H groups in total. The Balaban J connectivity index is 2.99. The van der Waals surface area contributed by atoms with Crippen molar-refractivity contribution >= 4 is 5.69 Å². The number of rotatable bonds is 8. The Morgan fingerprint density at radius 1 is 0.850 bits per heavy atom. The van der Waals surface area contributed by atoms with Crippen molar-refractivity contribution in [3.63, 3.8) is 0 Å². The Labute approximate surface area is 123 Å². The molecular weight excluding hydrogens is 250 g/mol. The molecule has 0 aliphatic carbocycles. The zero-order valence-corrected chi connectivity index (χ0v) is 13.3. The molecule has 0 radical (unpaired) electrons. The molecule has 0 amide bonds. The van der Waals surface area contributed by atoms with Crippen LogP contribution < -0.4 is 5.73 Å². The molecule has 0 saturated carbocycles. The number of nitrogens with zero attached hydrogens (tertiary/aromatic N) is 2. The molecule has 1 aromatic carbocycles. The van der Waals surface area contributed by atoms with Crippen molar-refractivity contribution in [2.45, 2.75) is 40.8 Å². The van der Waals surface area contributed by atoms with Gasteiger partial charge in [-0.05, 0) is 38.3 Å². The van der Waals surface area contributed by atoms with Crippen LogP contribution in [0.4, 0.5) is 5.69 Å². The van der Waals surface area contributed by atoms with Gasteiger partial charge in [-0.3, -0.25) is 9.80 Å². The van der Waals surface area contributed by atoms with Crippen LogP contribution in [-0.2, 0) is 13.1 Å². The third-order valence-electron chi connectivity index (χ3n) is 3.87. The Morgan fingerprint density at radius 3 is 1.50 bits per heavy atom. The van der Waals surface area contributed by atoms with Crippen LogP contribution >= 0.6 is 0 Å². The van der Waals surface area contributed by atoms with Crippen molar-refractivity contribution in [3.05, 3.63) is 23.3 Å². The topological polar surface area (TPSA) is 52.7 Å². The monoisotopic (exact) mass is 279 g/mol. The van der Waals surface area contributed by atoms with Crippen LogP contribution in [0.1, 0.15) is 38.8 Å². The lowest BCUT2D eigenvalue weighted by atomic mass is 10.1. The molecule has 0 heterocycles. The number of phenols is 1. The summed E-state index contributed by atoms with van der Waals surface area (Å²) < 4.78 is 0. The molecule has 114 valence electrons. The molecule has 1 rings (SSSR count). The quantitative estimate of drug-likeness (QED) is 0.567. The molecule has 4 nitrogen and oxygen atoms in total. The van der Waals surface area contributed by atoms with E-state index in [-0.39, 0.29) is 0 Å². The van der Waals surface area contributed by atoms with Crippen LogP contribution in [0.25, 0.3) is 0 Å². The van der Waals surface area contributed by atoms with Gasteiger partial charge in [-0.15, -0.1) is 0 Å². The summed E-state index contributed by atoms with van der Waals surface area (Å²) in [6.45, 7) is 13.9. The number of hydrogen-bond donors (Lipinski definition) is 2. The number of anilines is 1. The first kappa shape index (κ1) is 16.8. The van der Waals surface area contributed by atoms with Crippen LogP contribution in [0.2, 0.25) is 0 Å². The van der Waals surface area contributed by atoms with Crippen molar-refractivity contribution in [2.24, 2.45) is 0 Å². The van der Waals surface area contributed by atoms with Crippen molar-refractivity contribution in [1.29, 1.82) is 0 Å². The number of benzene rings is 1. The first-order chi connectivity index (χ1) is 9.55. The summed E-state index contributed by atoms with van der Waals surface area (Å²) >= 11 is 0. The van der Waals surface area contributed by atoms with Crippen LogP contribution in [0.3, 0.4) is 0 Å². The van der Waals surface area contributed by atoms with Crippen molar-refractivity contribution in [2.75, 3.05) is 31.9 Å². The van der Waals surface area contributed by atoms with Gasteiger partial charge in [-0.2, -0.15) is 0 Å². The second-order valence-electron chi connectivity index (χ2n) is 5.11. The van der Waals surface area contributed by atoms with Gasteiger partial charge in [0.25, 0.3) is 0 Å².